The number of hydrogen-bond acceptors (Lipinski definition) is 2. The maximum Gasteiger partial charge on any atom is 0.435 e. The average Bonchev–Trinajstić information content (AvgIpc) is 2.84. The second-order valence-corrected chi connectivity index (χ2v) is 5.55. The zero-order valence-corrected chi connectivity index (χ0v) is 13.3. The molecule has 2 aromatic rings. The van der Waals surface area contributed by atoms with Gasteiger partial charge < -0.3 is 5.32 Å². The van der Waals surface area contributed by atoms with Crippen LogP contribution in [0.1, 0.15) is 35.5 Å². The van der Waals surface area contributed by atoms with Crippen LogP contribution in [0.2, 0.25) is 0 Å². The first-order chi connectivity index (χ1) is 10.6. The first kappa shape index (κ1) is 17.1. The lowest BCUT2D eigenvalue weighted by molar-refractivity contribution is -0.141. The van der Waals surface area contributed by atoms with Gasteiger partial charge in [0.25, 0.3) is 0 Å². The molecule has 0 bridgehead atoms. The van der Waals surface area contributed by atoms with Gasteiger partial charge in [-0.1, -0.05) is 18.2 Å². The number of alkyl halides is 3. The highest BCUT2D eigenvalue weighted by molar-refractivity contribution is 5.94. The Labute approximate surface area is 132 Å². The van der Waals surface area contributed by atoms with E-state index in [0.717, 1.165) is 21.9 Å². The molecule has 7 heteroatoms. The number of para-hydroxylation sites is 1. The van der Waals surface area contributed by atoms with Gasteiger partial charge in [-0.2, -0.15) is 18.3 Å². The number of nitrogens with one attached hydrogen (secondary N) is 1. The van der Waals surface area contributed by atoms with Gasteiger partial charge in [-0.15, -0.1) is 0 Å². The molecule has 124 valence electrons. The third-order valence-electron chi connectivity index (χ3n) is 3.69. The Kier molecular flexibility index (Phi) is 4.49. The standard InChI is InChI=1S/C16H18F3N3O/c1-9-6-5-7-10(2)14(9)20-15(23)12(4)22-11(3)8-13(21-22)16(17,18)19/h5-8,12H,1-4H3,(H,20,23). The van der Waals surface area contributed by atoms with Crippen molar-refractivity contribution in [1.82, 2.24) is 9.78 Å². The average molecular weight is 325 g/mol. The molecule has 0 saturated heterocycles. The van der Waals surface area contributed by atoms with Crippen LogP contribution >= 0.6 is 0 Å². The Bertz CT molecular complexity index is 714. The smallest absolute Gasteiger partial charge is 0.324 e. The fraction of sp³-hybridized carbons (Fsp3) is 0.375. The van der Waals surface area contributed by atoms with Gasteiger partial charge in [0.2, 0.25) is 5.91 Å². The predicted octanol–water partition coefficient (Wildman–Crippen LogP) is 4.03. The van der Waals surface area contributed by atoms with Gasteiger partial charge >= 0.3 is 6.18 Å². The molecule has 1 heterocycles. The van der Waals surface area contributed by atoms with Crippen molar-refractivity contribution in [2.75, 3.05) is 5.32 Å². The normalized spacial score (nSPS) is 13.0. The highest BCUT2D eigenvalue weighted by Crippen LogP contribution is 2.29. The van der Waals surface area contributed by atoms with E-state index in [1.165, 1.54) is 13.8 Å². The molecule has 0 fully saturated rings. The minimum atomic E-state index is -4.53. The van der Waals surface area contributed by atoms with E-state index in [0.29, 0.717) is 5.69 Å². The molecule has 0 aliphatic heterocycles. The van der Waals surface area contributed by atoms with E-state index in [2.05, 4.69) is 10.4 Å². The molecule has 0 spiro atoms. The topological polar surface area (TPSA) is 46.9 Å². The molecule has 4 nitrogen and oxygen atoms in total. The summed E-state index contributed by atoms with van der Waals surface area (Å²) in [6.45, 7) is 6.72. The van der Waals surface area contributed by atoms with Gasteiger partial charge in [-0.05, 0) is 44.9 Å². The van der Waals surface area contributed by atoms with E-state index in [1.54, 1.807) is 0 Å². The fourth-order valence-electron chi connectivity index (χ4n) is 2.37. The summed E-state index contributed by atoms with van der Waals surface area (Å²) in [5, 5.41) is 6.29. The third kappa shape index (κ3) is 3.55. The summed E-state index contributed by atoms with van der Waals surface area (Å²) in [6, 6.07) is 5.66. The van der Waals surface area contributed by atoms with E-state index in [9.17, 15) is 18.0 Å². The van der Waals surface area contributed by atoms with E-state index >= 15 is 0 Å². The van der Waals surface area contributed by atoms with E-state index < -0.39 is 23.8 Å². The van der Waals surface area contributed by atoms with Gasteiger partial charge in [0.15, 0.2) is 5.69 Å². The molecule has 23 heavy (non-hydrogen) atoms. The Balaban J connectivity index is 2.25. The van der Waals surface area contributed by atoms with Gasteiger partial charge in [0.1, 0.15) is 6.04 Å². The van der Waals surface area contributed by atoms with Crippen molar-refractivity contribution in [3.8, 4) is 0 Å². The molecule has 1 aromatic heterocycles. The monoisotopic (exact) mass is 325 g/mol. The molecule has 0 radical (unpaired) electrons. The van der Waals surface area contributed by atoms with Crippen LogP contribution in [0.3, 0.4) is 0 Å². The second kappa shape index (κ2) is 6.06. The minimum absolute atomic E-state index is 0.279. The lowest BCUT2D eigenvalue weighted by Crippen LogP contribution is -2.26. The highest BCUT2D eigenvalue weighted by atomic mass is 19.4. The lowest BCUT2D eigenvalue weighted by atomic mass is 10.1. The van der Waals surface area contributed by atoms with Crippen molar-refractivity contribution < 1.29 is 18.0 Å². The quantitative estimate of drug-likeness (QED) is 0.926. The molecule has 1 amide bonds. The summed E-state index contributed by atoms with van der Waals surface area (Å²) in [7, 11) is 0. The van der Waals surface area contributed by atoms with Crippen molar-refractivity contribution in [3.63, 3.8) is 0 Å². The summed E-state index contributed by atoms with van der Waals surface area (Å²) in [6.07, 6.45) is -4.53. The van der Waals surface area contributed by atoms with Crippen LogP contribution in [0.4, 0.5) is 18.9 Å². The van der Waals surface area contributed by atoms with Crippen LogP contribution < -0.4 is 5.32 Å². The van der Waals surface area contributed by atoms with Crippen molar-refractivity contribution in [1.29, 1.82) is 0 Å². The first-order valence-corrected chi connectivity index (χ1v) is 7.11. The Morgan fingerprint density at radius 2 is 1.78 bits per heavy atom. The van der Waals surface area contributed by atoms with Gasteiger partial charge in [-0.3, -0.25) is 9.48 Å². The number of rotatable bonds is 3. The van der Waals surface area contributed by atoms with E-state index in [4.69, 9.17) is 0 Å². The number of aromatic nitrogens is 2. The zero-order chi connectivity index (χ0) is 17.4. The van der Waals surface area contributed by atoms with Crippen molar-refractivity contribution in [3.05, 3.63) is 46.8 Å². The van der Waals surface area contributed by atoms with Crippen LogP contribution in [0, 0.1) is 20.8 Å². The van der Waals surface area contributed by atoms with Crippen LogP contribution in [-0.2, 0) is 11.0 Å². The van der Waals surface area contributed by atoms with Crippen LogP contribution in [0.15, 0.2) is 24.3 Å². The SMILES string of the molecule is Cc1cccc(C)c1NC(=O)C(C)n1nc(C(F)(F)F)cc1C. The summed E-state index contributed by atoms with van der Waals surface area (Å²) in [5.74, 6) is -0.415. The largest absolute Gasteiger partial charge is 0.435 e. The second-order valence-electron chi connectivity index (χ2n) is 5.55. The summed E-state index contributed by atoms with van der Waals surface area (Å²) in [5.41, 5.74) is 1.73. The number of amides is 1. The van der Waals surface area contributed by atoms with Crippen molar-refractivity contribution >= 4 is 11.6 Å². The number of halogens is 3. The minimum Gasteiger partial charge on any atom is -0.324 e. The number of benzene rings is 1. The van der Waals surface area contributed by atoms with E-state index in [-0.39, 0.29) is 5.69 Å². The Morgan fingerprint density at radius 3 is 2.26 bits per heavy atom. The molecular weight excluding hydrogens is 307 g/mol. The number of hydrogen-bond donors (Lipinski definition) is 1. The summed E-state index contributed by atoms with van der Waals surface area (Å²) >= 11 is 0. The molecule has 0 aliphatic carbocycles. The number of carbonyl (C=O) groups excluding carboxylic acids is 1. The number of carbonyl (C=O) groups is 1. The van der Waals surface area contributed by atoms with Crippen LogP contribution in [0.25, 0.3) is 0 Å². The highest BCUT2D eigenvalue weighted by Gasteiger charge is 2.35. The number of anilines is 1. The molecule has 2 rings (SSSR count). The lowest BCUT2D eigenvalue weighted by Gasteiger charge is -2.17. The van der Waals surface area contributed by atoms with E-state index in [1.807, 2.05) is 32.0 Å². The third-order valence-corrected chi connectivity index (χ3v) is 3.69. The van der Waals surface area contributed by atoms with Gasteiger partial charge in [-0.25, -0.2) is 0 Å². The zero-order valence-electron chi connectivity index (χ0n) is 13.3. The summed E-state index contributed by atoms with van der Waals surface area (Å²) in [4.78, 5) is 12.4. The van der Waals surface area contributed by atoms with Crippen molar-refractivity contribution in [2.24, 2.45) is 0 Å². The van der Waals surface area contributed by atoms with Gasteiger partial charge in [0, 0.05) is 11.4 Å². The number of aryl methyl sites for hydroxylation is 3. The molecule has 0 saturated carbocycles. The van der Waals surface area contributed by atoms with Crippen LogP contribution in [-0.4, -0.2) is 15.7 Å². The molecule has 1 N–H and O–H groups in total. The molecule has 0 aliphatic rings. The fourth-order valence-corrected chi connectivity index (χ4v) is 2.37. The van der Waals surface area contributed by atoms with Gasteiger partial charge in [0.05, 0.1) is 0 Å². The predicted molar refractivity (Wildman–Crippen MR) is 81.2 cm³/mol. The maximum absolute atomic E-state index is 12.7. The van der Waals surface area contributed by atoms with Crippen LogP contribution in [0.5, 0.6) is 0 Å². The Hall–Kier alpha value is -2.31. The molecular formula is C16H18F3N3O. The molecule has 1 unspecified atom stereocenters. The number of nitrogens with zero attached hydrogens (tertiary/aromatic N) is 2. The van der Waals surface area contributed by atoms with Crippen molar-refractivity contribution in [2.45, 2.75) is 39.9 Å². The molecule has 1 aromatic carbocycles. The Morgan fingerprint density at radius 1 is 1.22 bits per heavy atom. The first-order valence-electron chi connectivity index (χ1n) is 7.11. The molecule has 1 atom stereocenters. The summed E-state index contributed by atoms with van der Waals surface area (Å²) < 4.78 is 39.3. The maximum atomic E-state index is 12.7.